The molecule has 5 nitrogen and oxygen atoms in total. The van der Waals surface area contributed by atoms with Crippen molar-refractivity contribution in [3.05, 3.63) is 53.2 Å². The summed E-state index contributed by atoms with van der Waals surface area (Å²) in [6, 6.07) is 8.33. The van der Waals surface area contributed by atoms with Crippen LogP contribution in [0.15, 0.2) is 30.6 Å². The molecular formula is C16H17N5. The van der Waals surface area contributed by atoms with E-state index in [1.807, 2.05) is 17.8 Å². The van der Waals surface area contributed by atoms with Crippen molar-refractivity contribution in [1.82, 2.24) is 25.1 Å². The second kappa shape index (κ2) is 4.93. The van der Waals surface area contributed by atoms with Gasteiger partial charge in [-0.25, -0.2) is 9.97 Å². The summed E-state index contributed by atoms with van der Waals surface area (Å²) < 4.78 is 1.94. The first-order valence-corrected chi connectivity index (χ1v) is 7.26. The maximum Gasteiger partial charge on any atom is 0.115 e. The summed E-state index contributed by atoms with van der Waals surface area (Å²) in [5.41, 5.74) is 5.77. The number of hydrogen-bond donors (Lipinski definition) is 1. The van der Waals surface area contributed by atoms with Crippen LogP contribution in [0.1, 0.15) is 22.6 Å². The summed E-state index contributed by atoms with van der Waals surface area (Å²) in [7, 11) is 1.99. The first-order chi connectivity index (χ1) is 10.3. The van der Waals surface area contributed by atoms with Crippen molar-refractivity contribution >= 4 is 10.9 Å². The lowest BCUT2D eigenvalue weighted by molar-refractivity contribution is 0.617. The Balaban J connectivity index is 1.79. The average Bonchev–Trinajstić information content (AvgIpc) is 2.85. The first kappa shape index (κ1) is 12.5. The minimum atomic E-state index is 0.758. The van der Waals surface area contributed by atoms with Crippen LogP contribution in [0, 0.1) is 0 Å². The van der Waals surface area contributed by atoms with Gasteiger partial charge in [-0.2, -0.15) is 5.10 Å². The predicted octanol–water partition coefficient (Wildman–Crippen LogP) is 1.60. The molecule has 0 saturated heterocycles. The highest BCUT2D eigenvalue weighted by molar-refractivity contribution is 5.82. The molecule has 4 rings (SSSR count). The second-order valence-corrected chi connectivity index (χ2v) is 5.44. The predicted molar refractivity (Wildman–Crippen MR) is 81.0 cm³/mol. The third kappa shape index (κ3) is 2.10. The van der Waals surface area contributed by atoms with Crippen molar-refractivity contribution in [3.63, 3.8) is 0 Å². The van der Waals surface area contributed by atoms with Gasteiger partial charge in [0.2, 0.25) is 0 Å². The Labute approximate surface area is 123 Å². The van der Waals surface area contributed by atoms with E-state index in [4.69, 9.17) is 0 Å². The largest absolute Gasteiger partial charge is 0.312 e. The quantitative estimate of drug-likeness (QED) is 0.774. The molecule has 0 aliphatic carbocycles. The van der Waals surface area contributed by atoms with E-state index in [2.05, 4.69) is 38.6 Å². The van der Waals surface area contributed by atoms with E-state index >= 15 is 0 Å². The van der Waals surface area contributed by atoms with Crippen LogP contribution in [0.5, 0.6) is 0 Å². The minimum absolute atomic E-state index is 0.758. The number of fused-ring (bicyclic) bond motifs is 2. The monoisotopic (exact) mass is 279 g/mol. The van der Waals surface area contributed by atoms with Crippen molar-refractivity contribution in [2.45, 2.75) is 19.4 Å². The van der Waals surface area contributed by atoms with Gasteiger partial charge in [0.15, 0.2) is 0 Å². The SMILES string of the molecule is Cn1nc(Cc2ncnc3c2CNCC3)c2ccccc21. The van der Waals surface area contributed by atoms with Crippen LogP contribution in [0.3, 0.4) is 0 Å². The topological polar surface area (TPSA) is 55.6 Å². The Morgan fingerprint density at radius 3 is 3.05 bits per heavy atom. The number of aryl methyl sites for hydroxylation is 1. The van der Waals surface area contributed by atoms with Gasteiger partial charge in [0.05, 0.1) is 16.9 Å². The molecule has 3 aromatic rings. The Bertz CT molecular complexity index is 806. The summed E-state index contributed by atoms with van der Waals surface area (Å²) in [6.45, 7) is 1.85. The van der Waals surface area contributed by atoms with Gasteiger partial charge >= 0.3 is 0 Å². The summed E-state index contributed by atoms with van der Waals surface area (Å²) in [5.74, 6) is 0. The van der Waals surface area contributed by atoms with Crippen LogP contribution in [0.4, 0.5) is 0 Å². The molecule has 0 atom stereocenters. The fourth-order valence-corrected chi connectivity index (χ4v) is 3.06. The van der Waals surface area contributed by atoms with Crippen LogP contribution in [0.25, 0.3) is 10.9 Å². The Kier molecular flexibility index (Phi) is 2.93. The molecule has 3 heterocycles. The third-order valence-corrected chi connectivity index (χ3v) is 4.13. The van der Waals surface area contributed by atoms with Gasteiger partial charge in [-0.15, -0.1) is 0 Å². The summed E-state index contributed by atoms with van der Waals surface area (Å²) >= 11 is 0. The molecule has 0 radical (unpaired) electrons. The highest BCUT2D eigenvalue weighted by atomic mass is 15.3. The fraction of sp³-hybridized carbons (Fsp3) is 0.312. The summed E-state index contributed by atoms with van der Waals surface area (Å²) in [4.78, 5) is 8.92. The average molecular weight is 279 g/mol. The standard InChI is InChI=1S/C16H17N5/c1-21-16-5-3-2-4-11(16)15(20-21)8-14-12-9-17-7-6-13(12)18-10-19-14/h2-5,10,17H,6-9H2,1H3. The maximum absolute atomic E-state index is 4.67. The number of nitrogens with zero attached hydrogens (tertiary/aromatic N) is 4. The molecule has 0 unspecified atom stereocenters. The number of hydrogen-bond acceptors (Lipinski definition) is 4. The molecular weight excluding hydrogens is 262 g/mol. The zero-order valence-electron chi connectivity index (χ0n) is 12.0. The molecule has 1 aromatic carbocycles. The number of benzene rings is 1. The summed E-state index contributed by atoms with van der Waals surface area (Å²) in [5, 5.41) is 9.28. The van der Waals surface area contributed by atoms with Gasteiger partial charge in [0.25, 0.3) is 0 Å². The molecule has 106 valence electrons. The highest BCUT2D eigenvalue weighted by Gasteiger charge is 2.17. The molecule has 0 amide bonds. The number of para-hydroxylation sites is 1. The fourth-order valence-electron chi connectivity index (χ4n) is 3.06. The molecule has 0 bridgehead atoms. The van der Waals surface area contributed by atoms with E-state index in [9.17, 15) is 0 Å². The third-order valence-electron chi connectivity index (χ3n) is 4.13. The van der Waals surface area contributed by atoms with E-state index < -0.39 is 0 Å². The van der Waals surface area contributed by atoms with E-state index in [1.54, 1.807) is 6.33 Å². The van der Waals surface area contributed by atoms with E-state index in [0.717, 1.165) is 42.8 Å². The minimum Gasteiger partial charge on any atom is -0.312 e. The van der Waals surface area contributed by atoms with Gasteiger partial charge in [-0.05, 0) is 6.07 Å². The Morgan fingerprint density at radius 2 is 2.10 bits per heavy atom. The molecule has 21 heavy (non-hydrogen) atoms. The normalized spacial score (nSPS) is 14.3. The number of rotatable bonds is 2. The van der Waals surface area contributed by atoms with Gasteiger partial charge in [-0.1, -0.05) is 18.2 Å². The van der Waals surface area contributed by atoms with Gasteiger partial charge in [0.1, 0.15) is 6.33 Å². The van der Waals surface area contributed by atoms with Crippen molar-refractivity contribution in [2.75, 3.05) is 6.54 Å². The lowest BCUT2D eigenvalue weighted by Crippen LogP contribution is -2.26. The smallest absolute Gasteiger partial charge is 0.115 e. The lowest BCUT2D eigenvalue weighted by atomic mass is 10.0. The molecule has 5 heteroatoms. The van der Waals surface area contributed by atoms with Crippen LogP contribution < -0.4 is 5.32 Å². The van der Waals surface area contributed by atoms with Gasteiger partial charge in [0, 0.05) is 49.6 Å². The molecule has 1 aliphatic heterocycles. The number of aromatic nitrogens is 4. The zero-order chi connectivity index (χ0) is 14.2. The lowest BCUT2D eigenvalue weighted by Gasteiger charge is -2.18. The van der Waals surface area contributed by atoms with Crippen LogP contribution in [-0.4, -0.2) is 26.3 Å². The van der Waals surface area contributed by atoms with Gasteiger partial charge < -0.3 is 5.32 Å². The van der Waals surface area contributed by atoms with E-state index in [1.165, 1.54) is 16.6 Å². The van der Waals surface area contributed by atoms with Gasteiger partial charge in [-0.3, -0.25) is 4.68 Å². The molecule has 0 spiro atoms. The van der Waals surface area contributed by atoms with Crippen molar-refractivity contribution in [1.29, 1.82) is 0 Å². The summed E-state index contributed by atoms with van der Waals surface area (Å²) in [6.07, 6.45) is 3.42. The molecule has 0 saturated carbocycles. The first-order valence-electron chi connectivity index (χ1n) is 7.26. The maximum atomic E-state index is 4.67. The highest BCUT2D eigenvalue weighted by Crippen LogP contribution is 2.22. The van der Waals surface area contributed by atoms with Crippen LogP contribution >= 0.6 is 0 Å². The van der Waals surface area contributed by atoms with Crippen molar-refractivity contribution < 1.29 is 0 Å². The van der Waals surface area contributed by atoms with Crippen molar-refractivity contribution in [3.8, 4) is 0 Å². The molecule has 1 aliphatic rings. The van der Waals surface area contributed by atoms with Crippen LogP contribution in [-0.2, 0) is 26.4 Å². The second-order valence-electron chi connectivity index (χ2n) is 5.44. The van der Waals surface area contributed by atoms with E-state index in [0.29, 0.717) is 0 Å². The number of nitrogens with one attached hydrogen (secondary N) is 1. The van der Waals surface area contributed by atoms with Crippen LogP contribution in [0.2, 0.25) is 0 Å². The molecule has 1 N–H and O–H groups in total. The van der Waals surface area contributed by atoms with Crippen molar-refractivity contribution in [2.24, 2.45) is 7.05 Å². The van der Waals surface area contributed by atoms with E-state index in [-0.39, 0.29) is 0 Å². The zero-order valence-corrected chi connectivity index (χ0v) is 12.0. The molecule has 2 aromatic heterocycles. The Hall–Kier alpha value is -2.27. The molecule has 0 fully saturated rings. The Morgan fingerprint density at radius 1 is 1.19 bits per heavy atom.